The van der Waals surface area contributed by atoms with E-state index in [1.54, 1.807) is 12.1 Å². The van der Waals surface area contributed by atoms with Crippen molar-refractivity contribution in [1.82, 2.24) is 0 Å². The number of hydrogen-bond donors (Lipinski definition) is 1. The molecule has 4 nitrogen and oxygen atoms in total. The molecule has 0 atom stereocenters. The molecule has 218 valence electrons. The molecule has 3 aromatic carbocycles. The van der Waals surface area contributed by atoms with Crippen molar-refractivity contribution in [2.75, 3.05) is 16.3 Å². The Balaban J connectivity index is 0.000000813. The number of para-hydroxylation sites is 1. The second-order valence-corrected chi connectivity index (χ2v) is 11.4. The van der Waals surface area contributed by atoms with E-state index in [-0.39, 0.29) is 62.0 Å². The molecular formula is C35H41ClKN2O2S-. The molecule has 0 amide bonds. The van der Waals surface area contributed by atoms with Crippen LogP contribution < -0.4 is 61.2 Å². The van der Waals surface area contributed by atoms with Crippen molar-refractivity contribution in [3.63, 3.8) is 0 Å². The SMILES string of the molecule is CC.CC(C)C.[CH2-]N(C1=CC=CCC1)c1cc(N2CCCc3ccccc32)c(-c2ccc(Cl)c(C(=O)O)c2)cc1[S-].[K+]. The maximum atomic E-state index is 11.8. The first-order valence-electron chi connectivity index (χ1n) is 14.4. The predicted octanol–water partition coefficient (Wildman–Crippen LogP) is 7.22. The Morgan fingerprint density at radius 1 is 1.05 bits per heavy atom. The van der Waals surface area contributed by atoms with Crippen LogP contribution >= 0.6 is 11.6 Å². The monoisotopic (exact) mass is 627 g/mol. The number of aromatic carboxylic acids is 1. The second kappa shape index (κ2) is 17.6. The van der Waals surface area contributed by atoms with Crippen LogP contribution in [0.1, 0.15) is 69.8 Å². The largest absolute Gasteiger partial charge is 1.00 e. The number of halogens is 1. The number of carboxylic acids is 1. The molecule has 1 heterocycles. The van der Waals surface area contributed by atoms with Gasteiger partial charge in [-0.1, -0.05) is 88.7 Å². The quantitative estimate of drug-likeness (QED) is 0.184. The molecule has 0 spiro atoms. The molecule has 42 heavy (non-hydrogen) atoms. The normalized spacial score (nSPS) is 13.4. The molecule has 5 rings (SSSR count). The van der Waals surface area contributed by atoms with Gasteiger partial charge in [-0.2, -0.15) is 4.90 Å². The first-order chi connectivity index (χ1) is 19.7. The number of anilines is 3. The Labute approximate surface area is 305 Å². The van der Waals surface area contributed by atoms with Crippen molar-refractivity contribution in [3.8, 4) is 11.1 Å². The minimum absolute atomic E-state index is 0. The summed E-state index contributed by atoms with van der Waals surface area (Å²) in [6.07, 6.45) is 10.2. The minimum atomic E-state index is -1.06. The number of carboxylic acid groups (broad SMARTS) is 1. The Morgan fingerprint density at radius 3 is 2.38 bits per heavy atom. The third-order valence-corrected chi connectivity index (χ3v) is 7.27. The Morgan fingerprint density at radius 2 is 1.74 bits per heavy atom. The third kappa shape index (κ3) is 9.18. The van der Waals surface area contributed by atoms with Crippen molar-refractivity contribution >= 4 is 47.3 Å². The molecule has 0 unspecified atom stereocenters. The Hall–Kier alpha value is -1.64. The molecule has 1 aliphatic heterocycles. The van der Waals surface area contributed by atoms with Gasteiger partial charge < -0.3 is 27.5 Å². The molecule has 7 heteroatoms. The van der Waals surface area contributed by atoms with E-state index in [0.717, 1.165) is 72.0 Å². The van der Waals surface area contributed by atoms with Gasteiger partial charge in [-0.05, 0) is 84.5 Å². The van der Waals surface area contributed by atoms with Gasteiger partial charge in [-0.25, -0.2) is 4.79 Å². The summed E-state index contributed by atoms with van der Waals surface area (Å²) in [6, 6.07) is 17.6. The maximum Gasteiger partial charge on any atom is 1.00 e. The van der Waals surface area contributed by atoms with Crippen LogP contribution in [-0.2, 0) is 19.0 Å². The number of hydrogen-bond acceptors (Lipinski definition) is 4. The number of benzene rings is 3. The zero-order valence-corrected chi connectivity index (χ0v) is 30.5. The van der Waals surface area contributed by atoms with Gasteiger partial charge in [0.25, 0.3) is 0 Å². The van der Waals surface area contributed by atoms with Gasteiger partial charge in [0.1, 0.15) is 0 Å². The zero-order valence-electron chi connectivity index (χ0n) is 25.8. The summed E-state index contributed by atoms with van der Waals surface area (Å²) in [6.45, 7) is 11.3. The smallest absolute Gasteiger partial charge is 0.778 e. The molecule has 3 aromatic rings. The van der Waals surface area contributed by atoms with Crippen molar-refractivity contribution in [2.45, 2.75) is 65.2 Å². The zero-order chi connectivity index (χ0) is 30.1. The molecule has 0 fully saturated rings. The topological polar surface area (TPSA) is 43.8 Å². The summed E-state index contributed by atoms with van der Waals surface area (Å²) in [5.41, 5.74) is 7.10. The third-order valence-electron chi connectivity index (χ3n) is 6.62. The van der Waals surface area contributed by atoms with Gasteiger partial charge in [0.2, 0.25) is 0 Å². The van der Waals surface area contributed by atoms with Crippen molar-refractivity contribution in [2.24, 2.45) is 5.92 Å². The summed E-state index contributed by atoms with van der Waals surface area (Å²) in [4.78, 5) is 16.7. The van der Waals surface area contributed by atoms with E-state index in [4.69, 9.17) is 24.2 Å². The van der Waals surface area contributed by atoms with Crippen LogP contribution in [0.3, 0.4) is 0 Å². The number of rotatable bonds is 5. The van der Waals surface area contributed by atoms with E-state index in [1.807, 2.05) is 30.9 Å². The van der Waals surface area contributed by atoms with Crippen molar-refractivity contribution < 1.29 is 61.3 Å². The molecule has 2 aliphatic rings. The number of allylic oxidation sites excluding steroid dienone is 4. The minimum Gasteiger partial charge on any atom is -0.778 e. The van der Waals surface area contributed by atoms with Crippen molar-refractivity contribution in [3.05, 3.63) is 102 Å². The summed E-state index contributed by atoms with van der Waals surface area (Å²) in [7, 11) is 4.33. The van der Waals surface area contributed by atoms with Crippen LogP contribution in [0.4, 0.5) is 17.1 Å². The summed E-state index contributed by atoms with van der Waals surface area (Å²) < 4.78 is 0. The molecular weight excluding hydrogens is 587 g/mol. The van der Waals surface area contributed by atoms with Crippen LogP contribution in [0, 0.1) is 13.0 Å². The van der Waals surface area contributed by atoms with Gasteiger partial charge in [-0.3, -0.25) is 7.05 Å². The summed E-state index contributed by atoms with van der Waals surface area (Å²) in [5, 5.41) is 9.87. The standard InChI is InChI=1S/C29H26ClN2O2S.C4H10.C2H6.K/c1-31(21-10-3-2-4-11-21)27-18-26(32-15-7-9-19-8-5-6-12-25(19)32)22(17-28(27)35)20-13-14-24(30)23(16-20)29(33)34;1-4(2)3;1-2;/h2-3,5-6,8,10,12-14,16-18,35H,1,4,7,9,11,15H2,(H,33,34);4H,1-3H3;1-2H3;/q-1;;;+1/p-1. The Bertz CT molecular complexity index is 1420. The summed E-state index contributed by atoms with van der Waals surface area (Å²) >= 11 is 12.0. The van der Waals surface area contributed by atoms with Gasteiger partial charge >= 0.3 is 57.4 Å². The average Bonchev–Trinajstić information content (AvgIpc) is 2.98. The fourth-order valence-electron chi connectivity index (χ4n) is 4.83. The summed E-state index contributed by atoms with van der Waals surface area (Å²) in [5.74, 6) is -0.224. The van der Waals surface area contributed by atoms with Gasteiger partial charge in [0.15, 0.2) is 0 Å². The predicted molar refractivity (Wildman–Crippen MR) is 177 cm³/mol. The molecule has 0 radical (unpaired) electrons. The molecule has 0 aromatic heterocycles. The number of nitrogens with zero attached hydrogens (tertiary/aromatic N) is 2. The van der Waals surface area contributed by atoms with E-state index in [1.165, 1.54) is 5.56 Å². The van der Waals surface area contributed by atoms with E-state index in [9.17, 15) is 9.90 Å². The van der Waals surface area contributed by atoms with Crippen LogP contribution in [0.25, 0.3) is 11.1 Å². The first kappa shape index (κ1) is 36.5. The fraction of sp³-hybridized carbons (Fsp3) is 0.314. The van der Waals surface area contributed by atoms with Crippen LogP contribution in [0.2, 0.25) is 5.02 Å². The van der Waals surface area contributed by atoms with Crippen LogP contribution in [0.15, 0.2) is 83.4 Å². The van der Waals surface area contributed by atoms with E-state index in [2.05, 4.69) is 81.3 Å². The maximum absolute atomic E-state index is 11.8. The Kier molecular flexibility index (Phi) is 15.3. The molecule has 0 bridgehead atoms. The van der Waals surface area contributed by atoms with Gasteiger partial charge in [0, 0.05) is 17.8 Å². The number of carbonyl (C=O) groups is 1. The molecule has 0 saturated heterocycles. The van der Waals surface area contributed by atoms with E-state index in [0.29, 0.717) is 4.90 Å². The molecule has 0 saturated carbocycles. The molecule has 1 aliphatic carbocycles. The van der Waals surface area contributed by atoms with Crippen LogP contribution in [0.5, 0.6) is 0 Å². The van der Waals surface area contributed by atoms with Gasteiger partial charge in [0.05, 0.1) is 16.3 Å². The van der Waals surface area contributed by atoms with E-state index >= 15 is 0 Å². The first-order valence-corrected chi connectivity index (χ1v) is 15.2. The average molecular weight is 628 g/mol. The molecule has 1 N–H and O–H groups in total. The second-order valence-electron chi connectivity index (χ2n) is 10.5. The number of aryl methyl sites for hydroxylation is 1. The van der Waals surface area contributed by atoms with Gasteiger partial charge in [-0.15, -0.1) is 0 Å². The van der Waals surface area contributed by atoms with Crippen molar-refractivity contribution in [1.29, 1.82) is 0 Å². The van der Waals surface area contributed by atoms with Crippen LogP contribution in [-0.4, -0.2) is 17.6 Å². The fourth-order valence-corrected chi connectivity index (χ4v) is 5.32. The number of fused-ring (bicyclic) bond motifs is 1. The van der Waals surface area contributed by atoms with E-state index < -0.39 is 5.97 Å².